The molecule has 1 N–H and O–H groups in total. The van der Waals surface area contributed by atoms with Gasteiger partial charge < -0.3 is 9.47 Å². The van der Waals surface area contributed by atoms with E-state index in [1.54, 1.807) is 0 Å². The number of amides is 1. The van der Waals surface area contributed by atoms with Gasteiger partial charge >= 0.3 is 0 Å². The lowest BCUT2D eigenvalue weighted by Gasteiger charge is -2.32. The van der Waals surface area contributed by atoms with Crippen LogP contribution in [0, 0.1) is 0 Å². The molecule has 1 aromatic heterocycles. The van der Waals surface area contributed by atoms with Gasteiger partial charge in [-0.3, -0.25) is 10.2 Å². The van der Waals surface area contributed by atoms with Crippen LogP contribution in [0.15, 0.2) is 16.7 Å². The molecule has 0 unspecified atom stereocenters. The molecule has 0 saturated carbocycles. The summed E-state index contributed by atoms with van der Waals surface area (Å²) in [4.78, 5) is 14.6. The third-order valence-corrected chi connectivity index (χ3v) is 3.76. The Morgan fingerprint density at radius 2 is 2.05 bits per heavy atom. The zero-order valence-electron chi connectivity index (χ0n) is 11.5. The van der Waals surface area contributed by atoms with Crippen LogP contribution in [-0.2, 0) is 6.54 Å². The van der Waals surface area contributed by atoms with Gasteiger partial charge in [-0.25, -0.2) is 5.01 Å². The van der Waals surface area contributed by atoms with Crippen LogP contribution in [0.25, 0.3) is 0 Å². The molecule has 1 aliphatic heterocycles. The molecular weight excluding hydrogens is 308 g/mol. The highest BCUT2D eigenvalue weighted by molar-refractivity contribution is 9.10. The lowest BCUT2D eigenvalue weighted by atomic mass is 10.3. The second-order valence-electron chi connectivity index (χ2n) is 4.97. The number of hydrogen-bond donors (Lipinski definition) is 1. The zero-order valence-corrected chi connectivity index (χ0v) is 13.1. The van der Waals surface area contributed by atoms with E-state index in [4.69, 9.17) is 0 Å². The smallest absolute Gasteiger partial charge is 0.282 e. The fourth-order valence-electron chi connectivity index (χ4n) is 2.21. The van der Waals surface area contributed by atoms with E-state index in [2.05, 4.69) is 40.2 Å². The molecule has 2 rings (SSSR count). The Bertz CT molecular complexity index is 438. The number of aromatic nitrogens is 1. The standard InChI is InChI=1S/C13H21BrN4O/c1-3-4-17-10-11(14)9-12(17)13(19)15-18-7-5-16(2)6-8-18/h9-10H,3-8H2,1-2H3,(H,15,19). The average Bonchev–Trinajstić information content (AvgIpc) is 2.74. The predicted octanol–water partition coefficient (Wildman–Crippen LogP) is 1.55. The number of rotatable bonds is 4. The molecule has 19 heavy (non-hydrogen) atoms. The van der Waals surface area contributed by atoms with Crippen LogP contribution in [0.3, 0.4) is 0 Å². The van der Waals surface area contributed by atoms with E-state index < -0.39 is 0 Å². The summed E-state index contributed by atoms with van der Waals surface area (Å²) in [5.74, 6) is -0.0243. The zero-order chi connectivity index (χ0) is 13.8. The van der Waals surface area contributed by atoms with Crippen molar-refractivity contribution < 1.29 is 4.79 Å². The third kappa shape index (κ3) is 3.81. The number of halogens is 1. The molecule has 1 aromatic rings. The van der Waals surface area contributed by atoms with Gasteiger partial charge in [-0.05, 0) is 35.5 Å². The Morgan fingerprint density at radius 1 is 1.37 bits per heavy atom. The molecule has 106 valence electrons. The van der Waals surface area contributed by atoms with Crippen molar-refractivity contribution in [2.45, 2.75) is 19.9 Å². The number of carbonyl (C=O) groups excluding carboxylic acids is 1. The number of likely N-dealkylation sites (N-methyl/N-ethyl adjacent to an activating group) is 1. The first-order chi connectivity index (χ1) is 9.10. The van der Waals surface area contributed by atoms with Gasteiger partial charge in [0.15, 0.2) is 0 Å². The van der Waals surface area contributed by atoms with Gasteiger partial charge in [0.25, 0.3) is 5.91 Å². The lowest BCUT2D eigenvalue weighted by molar-refractivity contribution is 0.0653. The maximum atomic E-state index is 12.3. The number of aryl methyl sites for hydroxylation is 1. The van der Waals surface area contributed by atoms with Crippen molar-refractivity contribution in [2.24, 2.45) is 0 Å². The predicted molar refractivity (Wildman–Crippen MR) is 79.0 cm³/mol. The summed E-state index contributed by atoms with van der Waals surface area (Å²) in [5, 5.41) is 2.00. The minimum Gasteiger partial charge on any atom is -0.342 e. The van der Waals surface area contributed by atoms with E-state index in [-0.39, 0.29) is 5.91 Å². The fraction of sp³-hybridized carbons (Fsp3) is 0.615. The van der Waals surface area contributed by atoms with Crippen molar-refractivity contribution >= 4 is 21.8 Å². The van der Waals surface area contributed by atoms with Crippen LogP contribution >= 0.6 is 15.9 Å². The molecule has 1 amide bonds. The van der Waals surface area contributed by atoms with E-state index in [1.807, 2.05) is 21.8 Å². The summed E-state index contributed by atoms with van der Waals surface area (Å²) < 4.78 is 2.94. The van der Waals surface area contributed by atoms with Crippen molar-refractivity contribution in [1.29, 1.82) is 0 Å². The van der Waals surface area contributed by atoms with Crippen molar-refractivity contribution in [3.05, 3.63) is 22.4 Å². The molecule has 0 atom stereocenters. The first kappa shape index (κ1) is 14.6. The number of nitrogens with zero attached hydrogens (tertiary/aromatic N) is 3. The molecule has 1 fully saturated rings. The molecule has 1 aliphatic rings. The minimum atomic E-state index is -0.0243. The van der Waals surface area contributed by atoms with E-state index in [0.29, 0.717) is 5.69 Å². The van der Waals surface area contributed by atoms with Crippen LogP contribution in [0.1, 0.15) is 23.8 Å². The van der Waals surface area contributed by atoms with Crippen molar-refractivity contribution in [2.75, 3.05) is 33.2 Å². The molecule has 0 bridgehead atoms. The molecule has 0 aliphatic carbocycles. The molecule has 2 heterocycles. The fourth-order valence-corrected chi connectivity index (χ4v) is 2.67. The molecule has 5 nitrogen and oxygen atoms in total. The quantitative estimate of drug-likeness (QED) is 0.911. The summed E-state index contributed by atoms with van der Waals surface area (Å²) >= 11 is 3.43. The van der Waals surface area contributed by atoms with Crippen LogP contribution in [0.2, 0.25) is 0 Å². The highest BCUT2D eigenvalue weighted by Crippen LogP contribution is 2.15. The number of carbonyl (C=O) groups is 1. The van der Waals surface area contributed by atoms with Crippen LogP contribution in [0.5, 0.6) is 0 Å². The van der Waals surface area contributed by atoms with E-state index in [9.17, 15) is 4.79 Å². The topological polar surface area (TPSA) is 40.5 Å². The summed E-state index contributed by atoms with van der Waals surface area (Å²) in [6, 6.07) is 1.88. The first-order valence-corrected chi connectivity index (χ1v) is 7.49. The van der Waals surface area contributed by atoms with Crippen molar-refractivity contribution in [3.8, 4) is 0 Å². The van der Waals surface area contributed by atoms with Crippen LogP contribution in [-0.4, -0.2) is 53.6 Å². The maximum absolute atomic E-state index is 12.3. The number of nitrogens with one attached hydrogen (secondary N) is 1. The second kappa shape index (κ2) is 6.54. The molecule has 1 saturated heterocycles. The number of hydrazine groups is 1. The monoisotopic (exact) mass is 328 g/mol. The van der Waals surface area contributed by atoms with Gasteiger partial charge in [-0.2, -0.15) is 0 Å². The first-order valence-electron chi connectivity index (χ1n) is 6.70. The van der Waals surface area contributed by atoms with Gasteiger partial charge in [0.05, 0.1) is 0 Å². The number of hydrogen-bond acceptors (Lipinski definition) is 3. The summed E-state index contributed by atoms with van der Waals surface area (Å²) in [5.41, 5.74) is 3.71. The summed E-state index contributed by atoms with van der Waals surface area (Å²) in [6.45, 7) is 6.68. The highest BCUT2D eigenvalue weighted by atomic mass is 79.9. The molecule has 0 spiro atoms. The summed E-state index contributed by atoms with van der Waals surface area (Å²) in [6.07, 6.45) is 2.97. The Balaban J connectivity index is 1.99. The third-order valence-electron chi connectivity index (χ3n) is 3.32. The Labute approximate surface area is 122 Å². The van der Waals surface area contributed by atoms with E-state index in [0.717, 1.165) is 43.6 Å². The van der Waals surface area contributed by atoms with Gasteiger partial charge in [-0.1, -0.05) is 6.92 Å². The Kier molecular flexibility index (Phi) is 5.01. The van der Waals surface area contributed by atoms with Crippen molar-refractivity contribution in [1.82, 2.24) is 19.9 Å². The van der Waals surface area contributed by atoms with Crippen LogP contribution < -0.4 is 5.43 Å². The minimum absolute atomic E-state index is 0.0243. The molecule has 6 heteroatoms. The Morgan fingerprint density at radius 3 is 2.68 bits per heavy atom. The number of piperazine rings is 1. The molecular formula is C13H21BrN4O. The van der Waals surface area contributed by atoms with Crippen LogP contribution in [0.4, 0.5) is 0 Å². The highest BCUT2D eigenvalue weighted by Gasteiger charge is 2.18. The lowest BCUT2D eigenvalue weighted by Crippen LogP contribution is -2.52. The second-order valence-corrected chi connectivity index (χ2v) is 5.88. The largest absolute Gasteiger partial charge is 0.342 e. The van der Waals surface area contributed by atoms with Crippen molar-refractivity contribution in [3.63, 3.8) is 0 Å². The molecule has 0 aromatic carbocycles. The average molecular weight is 329 g/mol. The van der Waals surface area contributed by atoms with Gasteiger partial charge in [0.2, 0.25) is 0 Å². The van der Waals surface area contributed by atoms with E-state index >= 15 is 0 Å². The van der Waals surface area contributed by atoms with Gasteiger partial charge in [0.1, 0.15) is 5.69 Å². The van der Waals surface area contributed by atoms with Gasteiger partial charge in [-0.15, -0.1) is 0 Å². The Hall–Kier alpha value is -0.850. The molecule has 0 radical (unpaired) electrons. The maximum Gasteiger partial charge on any atom is 0.282 e. The summed E-state index contributed by atoms with van der Waals surface area (Å²) in [7, 11) is 2.10. The van der Waals surface area contributed by atoms with Gasteiger partial charge in [0, 0.05) is 43.4 Å². The SMILES string of the molecule is CCCn1cc(Br)cc1C(=O)NN1CCN(C)CC1. The van der Waals surface area contributed by atoms with E-state index in [1.165, 1.54) is 0 Å². The normalized spacial score (nSPS) is 17.6.